The van der Waals surface area contributed by atoms with Gasteiger partial charge in [0.1, 0.15) is 10.8 Å². The lowest BCUT2D eigenvalue weighted by atomic mass is 10.2. The van der Waals surface area contributed by atoms with Crippen LogP contribution in [0.4, 0.5) is 0 Å². The van der Waals surface area contributed by atoms with E-state index < -0.39 is 0 Å². The van der Waals surface area contributed by atoms with E-state index in [9.17, 15) is 4.79 Å². The van der Waals surface area contributed by atoms with Crippen molar-refractivity contribution >= 4 is 29.1 Å². The minimum absolute atomic E-state index is 0.120. The monoisotopic (exact) mass is 367 g/mol. The van der Waals surface area contributed by atoms with Gasteiger partial charge in [0.05, 0.1) is 18.1 Å². The molecule has 0 saturated heterocycles. The maximum Gasteiger partial charge on any atom is 0.231 e. The predicted molar refractivity (Wildman–Crippen MR) is 91.0 cm³/mol. The molecule has 126 valence electrons. The Morgan fingerprint density at radius 1 is 1.17 bits per heavy atom. The van der Waals surface area contributed by atoms with E-state index in [1.165, 1.54) is 0 Å². The molecule has 1 N–H and O–H groups in total. The van der Waals surface area contributed by atoms with Crippen LogP contribution in [0.2, 0.25) is 10.0 Å². The van der Waals surface area contributed by atoms with Gasteiger partial charge in [-0.05, 0) is 29.8 Å². The molecule has 0 aromatic heterocycles. The van der Waals surface area contributed by atoms with Gasteiger partial charge in [0.2, 0.25) is 12.7 Å². The number of benzene rings is 2. The number of carbonyl (C=O) groups excluding carboxylic acids is 1. The number of ether oxygens (including phenoxy) is 3. The fourth-order valence-electron chi connectivity index (χ4n) is 2.19. The van der Waals surface area contributed by atoms with E-state index in [0.29, 0.717) is 28.1 Å². The Balaban J connectivity index is 1.44. The Morgan fingerprint density at radius 3 is 2.88 bits per heavy atom. The van der Waals surface area contributed by atoms with E-state index >= 15 is 0 Å². The molecular weight excluding hydrogens is 353 g/mol. The Morgan fingerprint density at radius 2 is 2.00 bits per heavy atom. The summed E-state index contributed by atoms with van der Waals surface area (Å²) in [5, 5.41) is 3.59. The summed E-state index contributed by atoms with van der Waals surface area (Å²) in [7, 11) is 0. The fourth-order valence-corrected chi connectivity index (χ4v) is 2.54. The second kappa shape index (κ2) is 7.64. The average molecular weight is 368 g/mol. The van der Waals surface area contributed by atoms with Gasteiger partial charge >= 0.3 is 0 Å². The molecular formula is C17H15Cl2NO4. The fraction of sp³-hybridized carbons (Fsp3) is 0.235. The summed E-state index contributed by atoms with van der Waals surface area (Å²) in [5.74, 6) is 1.76. The molecule has 2 aromatic rings. The number of nitrogens with one attached hydrogen (secondary N) is 1. The topological polar surface area (TPSA) is 56.8 Å². The molecule has 2 aromatic carbocycles. The quantitative estimate of drug-likeness (QED) is 0.843. The van der Waals surface area contributed by atoms with Crippen LogP contribution in [-0.2, 0) is 11.3 Å². The lowest BCUT2D eigenvalue weighted by Crippen LogP contribution is -2.24. The molecule has 0 unspecified atom stereocenters. The summed E-state index contributed by atoms with van der Waals surface area (Å²) in [5.41, 5.74) is 0.936. The largest absolute Gasteiger partial charge is 0.491 e. The van der Waals surface area contributed by atoms with Crippen molar-refractivity contribution < 1.29 is 19.0 Å². The predicted octanol–water partition coefficient (Wildman–Crippen LogP) is 3.81. The van der Waals surface area contributed by atoms with Crippen molar-refractivity contribution in [3.63, 3.8) is 0 Å². The van der Waals surface area contributed by atoms with Crippen LogP contribution in [-0.4, -0.2) is 19.3 Å². The van der Waals surface area contributed by atoms with Crippen molar-refractivity contribution in [3.8, 4) is 17.2 Å². The first kappa shape index (κ1) is 16.7. The first-order valence-corrected chi connectivity index (χ1v) is 8.11. The molecule has 0 spiro atoms. The molecule has 1 aliphatic heterocycles. The molecule has 0 saturated carbocycles. The molecule has 0 atom stereocenters. The van der Waals surface area contributed by atoms with Gasteiger partial charge < -0.3 is 19.5 Å². The molecule has 0 fully saturated rings. The van der Waals surface area contributed by atoms with E-state index in [0.717, 1.165) is 11.3 Å². The van der Waals surface area contributed by atoms with Gasteiger partial charge in [-0.3, -0.25) is 4.79 Å². The van der Waals surface area contributed by atoms with Crippen LogP contribution in [0.1, 0.15) is 12.0 Å². The first-order chi connectivity index (χ1) is 11.6. The Hall–Kier alpha value is -2.11. The smallest absolute Gasteiger partial charge is 0.231 e. The van der Waals surface area contributed by atoms with E-state index in [4.69, 9.17) is 37.4 Å². The number of carbonyl (C=O) groups is 1. The highest BCUT2D eigenvalue weighted by molar-refractivity contribution is 6.42. The summed E-state index contributed by atoms with van der Waals surface area (Å²) in [6, 6.07) is 10.7. The van der Waals surface area contributed by atoms with Gasteiger partial charge in [0.15, 0.2) is 11.5 Å². The van der Waals surface area contributed by atoms with Crippen molar-refractivity contribution in [3.05, 3.63) is 52.0 Å². The second-order valence-corrected chi connectivity index (χ2v) is 5.90. The number of rotatable bonds is 6. The van der Waals surface area contributed by atoms with Crippen molar-refractivity contribution in [2.24, 2.45) is 0 Å². The number of hydrogen-bond acceptors (Lipinski definition) is 4. The van der Waals surface area contributed by atoms with Gasteiger partial charge in [0.25, 0.3) is 0 Å². The molecule has 7 heteroatoms. The normalized spacial score (nSPS) is 12.1. The molecule has 1 amide bonds. The van der Waals surface area contributed by atoms with E-state index in [-0.39, 0.29) is 25.7 Å². The van der Waals surface area contributed by atoms with Crippen molar-refractivity contribution in [1.29, 1.82) is 0 Å². The lowest BCUT2D eigenvalue weighted by Gasteiger charge is -2.09. The van der Waals surface area contributed by atoms with E-state index in [2.05, 4.69) is 5.32 Å². The van der Waals surface area contributed by atoms with Crippen molar-refractivity contribution in [2.45, 2.75) is 13.0 Å². The van der Waals surface area contributed by atoms with E-state index in [1.807, 2.05) is 18.2 Å². The summed E-state index contributed by atoms with van der Waals surface area (Å²) < 4.78 is 16.0. The maximum absolute atomic E-state index is 11.9. The van der Waals surface area contributed by atoms with Crippen LogP contribution < -0.4 is 19.5 Å². The van der Waals surface area contributed by atoms with Gasteiger partial charge in [-0.1, -0.05) is 35.3 Å². The Kier molecular flexibility index (Phi) is 5.33. The van der Waals surface area contributed by atoms with Gasteiger partial charge in [-0.25, -0.2) is 0 Å². The zero-order valence-electron chi connectivity index (χ0n) is 12.7. The molecule has 0 aliphatic carbocycles. The highest BCUT2D eigenvalue weighted by Gasteiger charge is 2.13. The summed E-state index contributed by atoms with van der Waals surface area (Å²) in [6.07, 6.45) is 0.216. The molecule has 0 bridgehead atoms. The van der Waals surface area contributed by atoms with E-state index in [1.54, 1.807) is 18.2 Å². The summed E-state index contributed by atoms with van der Waals surface area (Å²) in [6.45, 7) is 0.856. The van der Waals surface area contributed by atoms with Crippen molar-refractivity contribution in [2.75, 3.05) is 13.4 Å². The third kappa shape index (κ3) is 4.04. The van der Waals surface area contributed by atoms with Crippen LogP contribution in [0.3, 0.4) is 0 Å². The SMILES string of the molecule is O=C(CCOc1cccc(Cl)c1Cl)NCc1ccc2c(c1)OCO2. The number of halogens is 2. The zero-order valence-corrected chi connectivity index (χ0v) is 14.2. The van der Waals surface area contributed by atoms with Crippen LogP contribution in [0.15, 0.2) is 36.4 Å². The average Bonchev–Trinajstić information content (AvgIpc) is 3.04. The molecule has 0 radical (unpaired) electrons. The lowest BCUT2D eigenvalue weighted by molar-refractivity contribution is -0.121. The van der Waals surface area contributed by atoms with Crippen LogP contribution in [0.5, 0.6) is 17.2 Å². The Labute approximate surface area is 149 Å². The highest BCUT2D eigenvalue weighted by atomic mass is 35.5. The third-order valence-electron chi connectivity index (χ3n) is 3.43. The second-order valence-electron chi connectivity index (χ2n) is 5.11. The van der Waals surface area contributed by atoms with Crippen LogP contribution in [0, 0.1) is 0 Å². The molecule has 24 heavy (non-hydrogen) atoms. The molecule has 5 nitrogen and oxygen atoms in total. The molecule has 1 heterocycles. The third-order valence-corrected chi connectivity index (χ3v) is 4.23. The Bertz CT molecular complexity index is 751. The number of fused-ring (bicyclic) bond motifs is 1. The minimum Gasteiger partial charge on any atom is -0.491 e. The summed E-state index contributed by atoms with van der Waals surface area (Å²) >= 11 is 11.9. The van der Waals surface area contributed by atoms with Gasteiger partial charge in [-0.2, -0.15) is 0 Å². The number of hydrogen-bond donors (Lipinski definition) is 1. The highest BCUT2D eigenvalue weighted by Crippen LogP contribution is 2.32. The van der Waals surface area contributed by atoms with Crippen molar-refractivity contribution in [1.82, 2.24) is 5.32 Å². The first-order valence-electron chi connectivity index (χ1n) is 7.35. The van der Waals surface area contributed by atoms with Gasteiger partial charge in [0, 0.05) is 6.54 Å². The van der Waals surface area contributed by atoms with Crippen LogP contribution in [0.25, 0.3) is 0 Å². The number of amides is 1. The molecule has 3 rings (SSSR count). The zero-order chi connectivity index (χ0) is 16.9. The minimum atomic E-state index is -0.120. The van der Waals surface area contributed by atoms with Gasteiger partial charge in [-0.15, -0.1) is 0 Å². The maximum atomic E-state index is 11.9. The molecule has 1 aliphatic rings. The standard InChI is InChI=1S/C17H15Cl2NO4/c18-12-2-1-3-14(17(12)19)22-7-6-16(21)20-9-11-4-5-13-15(8-11)24-10-23-13/h1-5,8H,6-7,9-10H2,(H,20,21). The van der Waals surface area contributed by atoms with Crippen LogP contribution >= 0.6 is 23.2 Å². The summed E-state index contributed by atoms with van der Waals surface area (Å²) in [4.78, 5) is 11.9.